The molecule has 6 nitrogen and oxygen atoms in total. The van der Waals surface area contributed by atoms with Crippen LogP contribution in [0, 0.1) is 0 Å². The zero-order chi connectivity index (χ0) is 16.4. The van der Waals surface area contributed by atoms with E-state index in [0.29, 0.717) is 18.6 Å². The fourth-order valence-electron chi connectivity index (χ4n) is 3.19. The van der Waals surface area contributed by atoms with E-state index >= 15 is 0 Å². The molecule has 23 heavy (non-hydrogen) atoms. The molecule has 1 fully saturated rings. The zero-order valence-electron chi connectivity index (χ0n) is 13.5. The number of aliphatic hydroxyl groups excluding tert-OH is 1. The van der Waals surface area contributed by atoms with Crippen molar-refractivity contribution >= 4 is 32.9 Å². The van der Waals surface area contributed by atoms with E-state index in [1.54, 1.807) is 7.11 Å². The molecule has 7 heteroatoms. The van der Waals surface area contributed by atoms with Gasteiger partial charge in [-0.2, -0.15) is 4.98 Å². The Morgan fingerprint density at radius 2 is 2.17 bits per heavy atom. The second kappa shape index (κ2) is 7.15. The van der Waals surface area contributed by atoms with Crippen LogP contribution in [0.1, 0.15) is 38.6 Å². The number of hydrogen-bond donors (Lipinski definition) is 2. The van der Waals surface area contributed by atoms with Gasteiger partial charge in [0.05, 0.1) is 18.1 Å². The normalized spacial score (nSPS) is 23.1. The average Bonchev–Trinajstić information content (AvgIpc) is 2.85. The van der Waals surface area contributed by atoms with Crippen LogP contribution in [0.2, 0.25) is 0 Å². The largest absolute Gasteiger partial charge is 0.393 e. The minimum absolute atomic E-state index is 0.147. The number of aromatic nitrogens is 3. The number of hydrogen-bond acceptors (Lipinski definition) is 5. The Labute approximate surface area is 144 Å². The number of rotatable bonds is 5. The minimum Gasteiger partial charge on any atom is -0.393 e. The van der Waals surface area contributed by atoms with E-state index in [1.165, 1.54) is 0 Å². The molecule has 0 spiro atoms. The van der Waals surface area contributed by atoms with Gasteiger partial charge in [0.25, 0.3) is 0 Å². The quantitative estimate of drug-likeness (QED) is 0.830. The van der Waals surface area contributed by atoms with E-state index in [9.17, 15) is 5.11 Å². The first kappa shape index (κ1) is 16.7. The highest BCUT2D eigenvalue weighted by atomic mass is 79.9. The Balaban J connectivity index is 1.89. The summed E-state index contributed by atoms with van der Waals surface area (Å²) in [5.74, 6) is 0.616. The first-order chi connectivity index (χ1) is 11.1. The van der Waals surface area contributed by atoms with E-state index < -0.39 is 0 Å². The lowest BCUT2D eigenvalue weighted by molar-refractivity contribution is 0.111. The van der Waals surface area contributed by atoms with Gasteiger partial charge in [0.2, 0.25) is 5.95 Å². The SMILES string of the molecule is COC[C@@H](C)Nc1ncc2c(Br)cn(C3CCC(O)CC3)c2n1. The number of nitrogens with one attached hydrogen (secondary N) is 1. The highest BCUT2D eigenvalue weighted by Crippen LogP contribution is 2.34. The Hall–Kier alpha value is -1.18. The number of halogens is 1. The van der Waals surface area contributed by atoms with Crippen LogP contribution in [-0.4, -0.2) is 45.5 Å². The number of anilines is 1. The van der Waals surface area contributed by atoms with Crippen molar-refractivity contribution in [3.63, 3.8) is 0 Å². The van der Waals surface area contributed by atoms with Gasteiger partial charge in [-0.1, -0.05) is 0 Å². The molecule has 1 aliphatic carbocycles. The van der Waals surface area contributed by atoms with Crippen molar-refractivity contribution in [3.05, 3.63) is 16.9 Å². The molecule has 0 aromatic carbocycles. The molecule has 1 saturated carbocycles. The highest BCUT2D eigenvalue weighted by molar-refractivity contribution is 9.10. The van der Waals surface area contributed by atoms with Crippen molar-refractivity contribution in [3.8, 4) is 0 Å². The third-order valence-electron chi connectivity index (χ3n) is 4.37. The number of nitrogens with zero attached hydrogens (tertiary/aromatic N) is 3. The second-order valence-electron chi connectivity index (χ2n) is 6.28. The minimum atomic E-state index is -0.154. The van der Waals surface area contributed by atoms with Gasteiger partial charge in [-0.05, 0) is 48.5 Å². The van der Waals surface area contributed by atoms with Crippen molar-refractivity contribution in [1.29, 1.82) is 0 Å². The first-order valence-corrected chi connectivity index (χ1v) is 8.84. The number of aliphatic hydroxyl groups is 1. The van der Waals surface area contributed by atoms with Crippen LogP contribution in [0.5, 0.6) is 0 Å². The fourth-order valence-corrected chi connectivity index (χ4v) is 3.69. The first-order valence-electron chi connectivity index (χ1n) is 8.05. The van der Waals surface area contributed by atoms with Crippen molar-refractivity contribution < 1.29 is 9.84 Å². The highest BCUT2D eigenvalue weighted by Gasteiger charge is 2.23. The van der Waals surface area contributed by atoms with Gasteiger partial charge >= 0.3 is 0 Å². The van der Waals surface area contributed by atoms with Crippen LogP contribution >= 0.6 is 15.9 Å². The van der Waals surface area contributed by atoms with Crippen molar-refractivity contribution in [2.75, 3.05) is 19.0 Å². The summed E-state index contributed by atoms with van der Waals surface area (Å²) in [5, 5.41) is 14.0. The van der Waals surface area contributed by atoms with Gasteiger partial charge in [-0.3, -0.25) is 0 Å². The lowest BCUT2D eigenvalue weighted by atomic mass is 9.93. The molecule has 0 amide bonds. The molecule has 3 rings (SSSR count). The number of methoxy groups -OCH3 is 1. The maximum atomic E-state index is 9.72. The lowest BCUT2D eigenvalue weighted by Gasteiger charge is -2.27. The lowest BCUT2D eigenvalue weighted by Crippen LogP contribution is -2.23. The van der Waals surface area contributed by atoms with Gasteiger partial charge in [0.1, 0.15) is 5.65 Å². The molecule has 2 aromatic heterocycles. The summed E-state index contributed by atoms with van der Waals surface area (Å²) in [5.41, 5.74) is 0.931. The molecule has 0 saturated heterocycles. The zero-order valence-corrected chi connectivity index (χ0v) is 15.1. The number of fused-ring (bicyclic) bond motifs is 1. The van der Waals surface area contributed by atoms with E-state index in [2.05, 4.69) is 37.0 Å². The molecule has 0 aliphatic heterocycles. The smallest absolute Gasteiger partial charge is 0.224 e. The maximum Gasteiger partial charge on any atom is 0.224 e. The topological polar surface area (TPSA) is 72.2 Å². The summed E-state index contributed by atoms with van der Waals surface area (Å²) >= 11 is 3.61. The third kappa shape index (κ3) is 3.67. The molecular formula is C16H23BrN4O2. The summed E-state index contributed by atoms with van der Waals surface area (Å²) in [6, 6.07) is 0.528. The molecular weight excluding hydrogens is 360 g/mol. The summed E-state index contributed by atoms with van der Waals surface area (Å²) in [6.45, 7) is 2.64. The summed E-state index contributed by atoms with van der Waals surface area (Å²) in [7, 11) is 1.68. The van der Waals surface area contributed by atoms with Crippen molar-refractivity contribution in [1.82, 2.24) is 14.5 Å². The summed E-state index contributed by atoms with van der Waals surface area (Å²) in [6.07, 6.45) is 7.44. The van der Waals surface area contributed by atoms with Crippen molar-refractivity contribution in [2.24, 2.45) is 0 Å². The molecule has 0 unspecified atom stereocenters. The Morgan fingerprint density at radius 3 is 2.87 bits per heavy atom. The fraction of sp³-hybridized carbons (Fsp3) is 0.625. The van der Waals surface area contributed by atoms with Crippen LogP contribution in [0.15, 0.2) is 16.9 Å². The van der Waals surface area contributed by atoms with Crippen LogP contribution in [0.25, 0.3) is 11.0 Å². The van der Waals surface area contributed by atoms with E-state index in [4.69, 9.17) is 9.72 Å². The Kier molecular flexibility index (Phi) is 5.18. The van der Waals surface area contributed by atoms with Gasteiger partial charge in [0.15, 0.2) is 0 Å². The summed E-state index contributed by atoms with van der Waals surface area (Å²) in [4.78, 5) is 9.10. The van der Waals surface area contributed by atoms with E-state index in [-0.39, 0.29) is 12.1 Å². The Bertz CT molecular complexity index is 667. The summed E-state index contributed by atoms with van der Waals surface area (Å²) < 4.78 is 8.37. The predicted octanol–water partition coefficient (Wildman–Crippen LogP) is 3.12. The van der Waals surface area contributed by atoms with Crippen LogP contribution in [0.4, 0.5) is 5.95 Å². The molecule has 2 N–H and O–H groups in total. The van der Waals surface area contributed by atoms with Gasteiger partial charge in [-0.15, -0.1) is 0 Å². The van der Waals surface area contributed by atoms with E-state index in [0.717, 1.165) is 41.2 Å². The standard InChI is InChI=1S/C16H23BrN4O2/c1-10(9-23-2)19-16-18-7-13-14(17)8-21(15(13)20-16)11-3-5-12(22)6-4-11/h7-8,10-12,22H,3-6,9H2,1-2H3,(H,18,19,20)/t10-,11?,12?/m1/s1. The molecule has 1 atom stereocenters. The second-order valence-corrected chi connectivity index (χ2v) is 7.13. The molecule has 2 heterocycles. The van der Waals surface area contributed by atoms with Crippen LogP contribution in [-0.2, 0) is 4.74 Å². The van der Waals surface area contributed by atoms with Gasteiger partial charge in [-0.25, -0.2) is 4.98 Å². The van der Waals surface area contributed by atoms with Gasteiger partial charge < -0.3 is 19.7 Å². The third-order valence-corrected chi connectivity index (χ3v) is 5.01. The maximum absolute atomic E-state index is 9.72. The van der Waals surface area contributed by atoms with Crippen LogP contribution < -0.4 is 5.32 Å². The molecule has 0 radical (unpaired) electrons. The van der Waals surface area contributed by atoms with Crippen molar-refractivity contribution in [2.45, 2.75) is 50.8 Å². The molecule has 0 bridgehead atoms. The number of ether oxygens (including phenoxy) is 1. The predicted molar refractivity (Wildman–Crippen MR) is 93.7 cm³/mol. The van der Waals surface area contributed by atoms with Gasteiger partial charge in [0, 0.05) is 36.1 Å². The molecule has 2 aromatic rings. The monoisotopic (exact) mass is 382 g/mol. The van der Waals surface area contributed by atoms with Crippen LogP contribution in [0.3, 0.4) is 0 Å². The average molecular weight is 383 g/mol. The van der Waals surface area contributed by atoms with E-state index in [1.807, 2.05) is 13.1 Å². The Morgan fingerprint density at radius 1 is 1.43 bits per heavy atom. The molecule has 126 valence electrons. The molecule has 1 aliphatic rings.